The molecular formula is C25H24BrN3O5. The smallest absolute Gasteiger partial charge is 0.273 e. The molecule has 0 atom stereocenters. The van der Waals surface area contributed by atoms with E-state index in [1.165, 1.54) is 17.8 Å². The van der Waals surface area contributed by atoms with Crippen LogP contribution in [0, 0.1) is 17.0 Å². The van der Waals surface area contributed by atoms with Crippen molar-refractivity contribution in [2.75, 3.05) is 6.61 Å². The summed E-state index contributed by atoms with van der Waals surface area (Å²) >= 11 is 3.52. The molecule has 0 aromatic heterocycles. The molecule has 34 heavy (non-hydrogen) atoms. The number of hydrogen-bond acceptors (Lipinski definition) is 6. The van der Waals surface area contributed by atoms with Crippen LogP contribution in [0.15, 0.2) is 70.2 Å². The maximum Gasteiger partial charge on any atom is 0.273 e. The molecule has 176 valence electrons. The van der Waals surface area contributed by atoms with E-state index < -0.39 is 10.8 Å². The molecule has 3 aromatic carbocycles. The molecule has 9 heteroatoms. The van der Waals surface area contributed by atoms with Crippen LogP contribution in [0.25, 0.3) is 0 Å². The van der Waals surface area contributed by atoms with E-state index in [0.29, 0.717) is 40.3 Å². The van der Waals surface area contributed by atoms with E-state index in [9.17, 15) is 14.9 Å². The zero-order valence-corrected chi connectivity index (χ0v) is 20.4. The van der Waals surface area contributed by atoms with Gasteiger partial charge in [0.05, 0.1) is 28.6 Å². The van der Waals surface area contributed by atoms with Gasteiger partial charge in [-0.1, -0.05) is 48.0 Å². The van der Waals surface area contributed by atoms with Crippen LogP contribution in [-0.2, 0) is 17.8 Å². The third-order valence-electron chi connectivity index (χ3n) is 4.78. The quantitative estimate of drug-likeness (QED) is 0.218. The first-order valence-corrected chi connectivity index (χ1v) is 11.4. The molecule has 1 N–H and O–H groups in total. The standard InChI is InChI=1S/C25H24BrN3O5/c1-3-33-23-13-19(12-21(26)25(23)34-16-18-10-8-17(2)9-11-18)15-27-28-24(30)14-20-6-4-5-7-22(20)29(31)32/h4-13,15H,3,14,16H2,1-2H3,(H,28,30)/b27-15+. The average molecular weight is 526 g/mol. The Morgan fingerprint density at radius 1 is 1.15 bits per heavy atom. The number of benzene rings is 3. The number of para-hydroxylation sites is 1. The van der Waals surface area contributed by atoms with Gasteiger partial charge in [0, 0.05) is 11.6 Å². The van der Waals surface area contributed by atoms with Crippen LogP contribution in [0.5, 0.6) is 11.5 Å². The molecule has 0 aliphatic heterocycles. The number of hydrazone groups is 1. The highest BCUT2D eigenvalue weighted by molar-refractivity contribution is 9.10. The summed E-state index contributed by atoms with van der Waals surface area (Å²) in [4.78, 5) is 22.8. The molecule has 0 saturated carbocycles. The monoisotopic (exact) mass is 525 g/mol. The first kappa shape index (κ1) is 24.9. The number of nitrogens with one attached hydrogen (secondary N) is 1. The van der Waals surface area contributed by atoms with Crippen molar-refractivity contribution < 1.29 is 19.2 Å². The van der Waals surface area contributed by atoms with Gasteiger partial charge < -0.3 is 9.47 Å². The van der Waals surface area contributed by atoms with Crippen LogP contribution < -0.4 is 14.9 Å². The summed E-state index contributed by atoms with van der Waals surface area (Å²) in [5, 5.41) is 15.1. The van der Waals surface area contributed by atoms with Crippen LogP contribution in [0.3, 0.4) is 0 Å². The van der Waals surface area contributed by atoms with Crippen molar-refractivity contribution in [3.63, 3.8) is 0 Å². The summed E-state index contributed by atoms with van der Waals surface area (Å²) in [6.45, 7) is 4.73. The van der Waals surface area contributed by atoms with E-state index in [1.807, 2.05) is 38.1 Å². The third-order valence-corrected chi connectivity index (χ3v) is 5.37. The molecular weight excluding hydrogens is 502 g/mol. The minimum atomic E-state index is -0.513. The fraction of sp³-hybridized carbons (Fsp3) is 0.200. The number of ether oxygens (including phenoxy) is 2. The molecule has 0 heterocycles. The SMILES string of the molecule is CCOc1cc(/C=N/NC(=O)Cc2ccccc2[N+](=O)[O-])cc(Br)c1OCc1ccc(C)cc1. The Morgan fingerprint density at radius 2 is 1.88 bits per heavy atom. The molecule has 0 radical (unpaired) electrons. The van der Waals surface area contributed by atoms with Gasteiger partial charge in [-0.3, -0.25) is 14.9 Å². The molecule has 0 bridgehead atoms. The van der Waals surface area contributed by atoms with Gasteiger partial charge in [0.2, 0.25) is 5.91 Å². The fourth-order valence-corrected chi connectivity index (χ4v) is 3.71. The van der Waals surface area contributed by atoms with E-state index in [2.05, 4.69) is 26.5 Å². The predicted octanol–water partition coefficient (Wildman–Crippen LogP) is 5.34. The number of halogens is 1. The molecule has 0 fully saturated rings. The molecule has 3 rings (SSSR count). The van der Waals surface area contributed by atoms with Crippen molar-refractivity contribution in [3.8, 4) is 11.5 Å². The summed E-state index contributed by atoms with van der Waals surface area (Å²) in [6, 6.07) is 17.7. The topological polar surface area (TPSA) is 103 Å². The molecule has 0 unspecified atom stereocenters. The fourth-order valence-electron chi connectivity index (χ4n) is 3.14. The zero-order valence-electron chi connectivity index (χ0n) is 18.8. The van der Waals surface area contributed by atoms with E-state index in [-0.39, 0.29) is 12.1 Å². The first-order valence-electron chi connectivity index (χ1n) is 10.6. The third kappa shape index (κ3) is 6.89. The van der Waals surface area contributed by atoms with Crippen molar-refractivity contribution in [2.24, 2.45) is 5.10 Å². The highest BCUT2D eigenvalue weighted by Gasteiger charge is 2.15. The number of hydrogen-bond donors (Lipinski definition) is 1. The van der Waals surface area contributed by atoms with Gasteiger partial charge in [-0.15, -0.1) is 0 Å². The Balaban J connectivity index is 1.67. The number of carbonyl (C=O) groups is 1. The predicted molar refractivity (Wildman–Crippen MR) is 133 cm³/mol. The van der Waals surface area contributed by atoms with Gasteiger partial charge in [-0.05, 0) is 53.0 Å². The second-order valence-electron chi connectivity index (χ2n) is 7.39. The van der Waals surface area contributed by atoms with Crippen molar-refractivity contribution >= 4 is 33.7 Å². The second kappa shape index (κ2) is 11.9. The lowest BCUT2D eigenvalue weighted by molar-refractivity contribution is -0.385. The highest BCUT2D eigenvalue weighted by atomic mass is 79.9. The van der Waals surface area contributed by atoms with Gasteiger partial charge in [0.1, 0.15) is 6.61 Å². The van der Waals surface area contributed by atoms with Crippen molar-refractivity contribution in [2.45, 2.75) is 26.9 Å². The molecule has 1 amide bonds. The minimum absolute atomic E-state index is 0.104. The highest BCUT2D eigenvalue weighted by Crippen LogP contribution is 2.37. The normalized spacial score (nSPS) is 10.8. The summed E-state index contributed by atoms with van der Waals surface area (Å²) in [7, 11) is 0. The number of nitro benzene ring substituents is 1. The largest absolute Gasteiger partial charge is 0.490 e. The number of carbonyl (C=O) groups excluding carboxylic acids is 1. The lowest BCUT2D eigenvalue weighted by atomic mass is 10.1. The van der Waals surface area contributed by atoms with Crippen LogP contribution in [0.2, 0.25) is 0 Å². The Kier molecular flexibility index (Phi) is 8.75. The molecule has 3 aromatic rings. The van der Waals surface area contributed by atoms with Crippen LogP contribution in [0.4, 0.5) is 5.69 Å². The van der Waals surface area contributed by atoms with Crippen LogP contribution in [-0.4, -0.2) is 23.7 Å². The van der Waals surface area contributed by atoms with Gasteiger partial charge in [0.25, 0.3) is 5.69 Å². The Bertz CT molecular complexity index is 1200. The van der Waals surface area contributed by atoms with Gasteiger partial charge >= 0.3 is 0 Å². The molecule has 8 nitrogen and oxygen atoms in total. The van der Waals surface area contributed by atoms with Gasteiger partial charge in [-0.25, -0.2) is 5.43 Å². The Hall–Kier alpha value is -3.72. The average Bonchev–Trinajstić information content (AvgIpc) is 2.80. The lowest BCUT2D eigenvalue weighted by Crippen LogP contribution is -2.20. The zero-order chi connectivity index (χ0) is 24.5. The summed E-state index contributed by atoms with van der Waals surface area (Å²) in [5.41, 5.74) is 5.50. The summed E-state index contributed by atoms with van der Waals surface area (Å²) < 4.78 is 12.4. The second-order valence-corrected chi connectivity index (χ2v) is 8.25. The Labute approximate surface area is 205 Å². The van der Waals surface area contributed by atoms with Gasteiger partial charge in [0.15, 0.2) is 11.5 Å². The van der Waals surface area contributed by atoms with Crippen LogP contribution >= 0.6 is 15.9 Å². The minimum Gasteiger partial charge on any atom is -0.490 e. The lowest BCUT2D eigenvalue weighted by Gasteiger charge is -2.15. The molecule has 0 aliphatic carbocycles. The van der Waals surface area contributed by atoms with E-state index in [4.69, 9.17) is 9.47 Å². The van der Waals surface area contributed by atoms with E-state index in [0.717, 1.165) is 5.56 Å². The van der Waals surface area contributed by atoms with E-state index in [1.54, 1.807) is 30.3 Å². The number of aryl methyl sites for hydroxylation is 1. The van der Waals surface area contributed by atoms with Gasteiger partial charge in [-0.2, -0.15) is 5.10 Å². The Morgan fingerprint density at radius 3 is 2.59 bits per heavy atom. The molecule has 0 spiro atoms. The number of amides is 1. The molecule has 0 saturated heterocycles. The number of nitrogens with zero attached hydrogens (tertiary/aromatic N) is 2. The summed E-state index contributed by atoms with van der Waals surface area (Å²) in [6.07, 6.45) is 1.31. The van der Waals surface area contributed by atoms with Crippen LogP contribution in [0.1, 0.15) is 29.2 Å². The maximum absolute atomic E-state index is 12.2. The number of rotatable bonds is 10. The maximum atomic E-state index is 12.2. The van der Waals surface area contributed by atoms with Crippen molar-refractivity contribution in [3.05, 3.63) is 97.5 Å². The van der Waals surface area contributed by atoms with Crippen molar-refractivity contribution in [1.82, 2.24) is 5.43 Å². The summed E-state index contributed by atoms with van der Waals surface area (Å²) in [5.74, 6) is 0.643. The van der Waals surface area contributed by atoms with E-state index >= 15 is 0 Å². The molecule has 0 aliphatic rings. The first-order chi connectivity index (χ1) is 16.4. The number of nitro groups is 1. The van der Waals surface area contributed by atoms with Crippen molar-refractivity contribution in [1.29, 1.82) is 0 Å².